The average molecular weight is 619 g/mol. The largest absolute Gasteiger partial charge is 0.437 e. The van der Waals surface area contributed by atoms with Gasteiger partial charge in [0.05, 0.1) is 16.9 Å². The molecule has 4 aromatic rings. The highest BCUT2D eigenvalue weighted by Gasteiger charge is 2.34. The smallest absolute Gasteiger partial charge is 0.263 e. The molecule has 1 unspecified atom stereocenters. The molecule has 0 saturated carbocycles. The summed E-state index contributed by atoms with van der Waals surface area (Å²) in [6, 6.07) is 11.1. The van der Waals surface area contributed by atoms with Crippen molar-refractivity contribution in [1.29, 1.82) is 0 Å². The molecule has 3 N–H and O–H groups in total. The normalized spacial score (nSPS) is 17.5. The Labute approximate surface area is 246 Å². The average Bonchev–Trinajstić information content (AvgIpc) is 2.97. The molecule has 2 aromatic heterocycles. The topological polar surface area (TPSA) is 118 Å². The van der Waals surface area contributed by atoms with E-state index in [9.17, 15) is 21.6 Å². The number of hydrogen-bond acceptors (Lipinski definition) is 8. The van der Waals surface area contributed by atoms with Crippen LogP contribution in [0.3, 0.4) is 0 Å². The number of fused-ring (bicyclic) bond motifs is 1. The van der Waals surface area contributed by atoms with Crippen molar-refractivity contribution in [1.82, 2.24) is 20.3 Å². The molecule has 1 saturated heterocycles. The number of rotatable bonds is 10. The highest BCUT2D eigenvalue weighted by Crippen LogP contribution is 2.42. The standard InChI is InChI=1S/C29H30F4N6O3S/c1-3-29(32,33)16-43(40,41)39-25-20-7-4-5-8-21(20)26(17(2)24(25)31)42-27-22(9-6-11-35-27)23-10-12-36-28(38-23)37-19-13-18(30)14-34-15-19/h4-12,18-19,34,39H,3,13-16H2,1-2H3,(H,36,37,38)/t18-,19?/m0/s1. The third-order valence-corrected chi connectivity index (χ3v) is 8.36. The monoisotopic (exact) mass is 618 g/mol. The lowest BCUT2D eigenvalue weighted by Crippen LogP contribution is -2.44. The van der Waals surface area contributed by atoms with E-state index in [0.29, 0.717) is 36.2 Å². The van der Waals surface area contributed by atoms with Crippen LogP contribution in [-0.4, -0.2) is 60.3 Å². The van der Waals surface area contributed by atoms with Crippen LogP contribution in [0.25, 0.3) is 22.0 Å². The number of nitrogens with one attached hydrogen (secondary N) is 3. The molecule has 1 fully saturated rings. The first-order chi connectivity index (χ1) is 20.5. The van der Waals surface area contributed by atoms with Crippen molar-refractivity contribution in [2.45, 2.75) is 44.8 Å². The number of aromatic nitrogens is 3. The van der Waals surface area contributed by atoms with Crippen LogP contribution in [-0.2, 0) is 10.0 Å². The van der Waals surface area contributed by atoms with Crippen LogP contribution in [0, 0.1) is 12.7 Å². The van der Waals surface area contributed by atoms with E-state index in [1.165, 1.54) is 32.3 Å². The first-order valence-electron chi connectivity index (χ1n) is 13.6. The van der Waals surface area contributed by atoms with Crippen LogP contribution in [0.15, 0.2) is 54.9 Å². The van der Waals surface area contributed by atoms with Crippen LogP contribution < -0.4 is 20.1 Å². The summed E-state index contributed by atoms with van der Waals surface area (Å²) in [5, 5.41) is 6.59. The first-order valence-corrected chi connectivity index (χ1v) is 15.3. The van der Waals surface area contributed by atoms with E-state index < -0.39 is 45.8 Å². The Balaban J connectivity index is 1.50. The van der Waals surface area contributed by atoms with Crippen molar-refractivity contribution < 1.29 is 30.7 Å². The minimum atomic E-state index is -4.61. The zero-order chi connectivity index (χ0) is 30.8. The van der Waals surface area contributed by atoms with Gasteiger partial charge in [-0.15, -0.1) is 0 Å². The van der Waals surface area contributed by atoms with Gasteiger partial charge >= 0.3 is 0 Å². The number of anilines is 2. The fraction of sp³-hybridized carbons (Fsp3) is 0.345. The number of halogens is 4. The molecule has 3 heterocycles. The van der Waals surface area contributed by atoms with Crippen molar-refractivity contribution in [2.75, 3.05) is 28.9 Å². The van der Waals surface area contributed by atoms with Crippen molar-refractivity contribution >= 4 is 32.4 Å². The van der Waals surface area contributed by atoms with Gasteiger partial charge < -0.3 is 15.4 Å². The van der Waals surface area contributed by atoms with Gasteiger partial charge in [0.2, 0.25) is 21.9 Å². The Morgan fingerprint density at radius 3 is 2.58 bits per heavy atom. The minimum Gasteiger partial charge on any atom is -0.437 e. The molecule has 5 rings (SSSR count). The van der Waals surface area contributed by atoms with Gasteiger partial charge in [0.25, 0.3) is 5.92 Å². The van der Waals surface area contributed by atoms with E-state index >= 15 is 4.39 Å². The Kier molecular flexibility index (Phi) is 8.69. The second-order valence-electron chi connectivity index (χ2n) is 10.3. The number of alkyl halides is 3. The Morgan fingerprint density at radius 1 is 1.07 bits per heavy atom. The van der Waals surface area contributed by atoms with Gasteiger partial charge in [-0.05, 0) is 25.1 Å². The second-order valence-corrected chi connectivity index (χ2v) is 12.0. The van der Waals surface area contributed by atoms with Crippen LogP contribution >= 0.6 is 0 Å². The summed E-state index contributed by atoms with van der Waals surface area (Å²) in [5.74, 6) is -5.52. The number of benzene rings is 2. The molecule has 0 spiro atoms. The summed E-state index contributed by atoms with van der Waals surface area (Å²) in [7, 11) is -4.61. The summed E-state index contributed by atoms with van der Waals surface area (Å²) in [6.45, 7) is 3.41. The molecule has 1 aliphatic rings. The van der Waals surface area contributed by atoms with Crippen LogP contribution in [0.1, 0.15) is 25.3 Å². The molecule has 43 heavy (non-hydrogen) atoms. The molecule has 0 amide bonds. The maximum Gasteiger partial charge on any atom is 0.263 e. The first kappa shape index (κ1) is 30.4. The quantitative estimate of drug-likeness (QED) is 0.190. The Hall–Kier alpha value is -4.04. The van der Waals surface area contributed by atoms with E-state index in [4.69, 9.17) is 4.74 Å². The summed E-state index contributed by atoms with van der Waals surface area (Å²) in [4.78, 5) is 13.1. The van der Waals surface area contributed by atoms with Gasteiger partial charge in [-0.1, -0.05) is 31.2 Å². The molecular formula is C29H30F4N6O3S. The van der Waals surface area contributed by atoms with E-state index in [1.54, 1.807) is 36.4 Å². The zero-order valence-corrected chi connectivity index (χ0v) is 24.2. The van der Waals surface area contributed by atoms with Gasteiger partial charge in [-0.3, -0.25) is 4.72 Å². The fourth-order valence-corrected chi connectivity index (χ4v) is 6.18. The van der Waals surface area contributed by atoms with Gasteiger partial charge in [0, 0.05) is 60.7 Å². The van der Waals surface area contributed by atoms with E-state index in [0.717, 1.165) is 0 Å². The van der Waals surface area contributed by atoms with E-state index in [2.05, 4.69) is 25.6 Å². The number of piperidine rings is 1. The molecule has 9 nitrogen and oxygen atoms in total. The number of sulfonamides is 1. The summed E-state index contributed by atoms with van der Waals surface area (Å²) < 4.78 is 90.9. The third kappa shape index (κ3) is 6.96. The van der Waals surface area contributed by atoms with Crippen LogP contribution in [0.4, 0.5) is 29.2 Å². The lowest BCUT2D eigenvalue weighted by atomic mass is 10.0. The Morgan fingerprint density at radius 2 is 1.84 bits per heavy atom. The lowest BCUT2D eigenvalue weighted by Gasteiger charge is -2.26. The van der Waals surface area contributed by atoms with Crippen LogP contribution in [0.5, 0.6) is 11.6 Å². The fourth-order valence-electron chi connectivity index (χ4n) is 4.83. The molecule has 228 valence electrons. The van der Waals surface area contributed by atoms with Gasteiger partial charge in [-0.25, -0.2) is 40.9 Å². The summed E-state index contributed by atoms with van der Waals surface area (Å²) in [5.41, 5.74) is 0.372. The summed E-state index contributed by atoms with van der Waals surface area (Å²) >= 11 is 0. The highest BCUT2D eigenvalue weighted by molar-refractivity contribution is 7.92. The molecule has 0 bridgehead atoms. The molecule has 1 aliphatic heterocycles. The number of hydrogen-bond donors (Lipinski definition) is 3. The van der Waals surface area contributed by atoms with Crippen molar-refractivity contribution in [3.05, 3.63) is 66.2 Å². The van der Waals surface area contributed by atoms with E-state index in [-0.39, 0.29) is 34.6 Å². The van der Waals surface area contributed by atoms with Gasteiger partial charge in [0.1, 0.15) is 17.7 Å². The third-order valence-electron chi connectivity index (χ3n) is 7.04. The lowest BCUT2D eigenvalue weighted by molar-refractivity contribution is 0.0219. The Bertz CT molecular complexity index is 1740. The molecular weight excluding hydrogens is 588 g/mol. The predicted octanol–water partition coefficient (Wildman–Crippen LogP) is 5.83. The number of pyridine rings is 1. The summed E-state index contributed by atoms with van der Waals surface area (Å²) in [6.07, 6.45) is 1.67. The molecule has 14 heteroatoms. The predicted molar refractivity (Wildman–Crippen MR) is 156 cm³/mol. The van der Waals surface area contributed by atoms with Gasteiger partial charge in [0.15, 0.2) is 5.82 Å². The van der Waals surface area contributed by atoms with Gasteiger partial charge in [-0.2, -0.15) is 0 Å². The number of ether oxygens (including phenoxy) is 1. The highest BCUT2D eigenvalue weighted by atomic mass is 32.2. The molecule has 2 atom stereocenters. The molecule has 2 aromatic carbocycles. The zero-order valence-electron chi connectivity index (χ0n) is 23.4. The maximum atomic E-state index is 15.8. The maximum absolute atomic E-state index is 15.8. The molecule has 0 aliphatic carbocycles. The van der Waals surface area contributed by atoms with Crippen molar-refractivity contribution in [3.63, 3.8) is 0 Å². The van der Waals surface area contributed by atoms with E-state index in [1.807, 2.05) is 4.72 Å². The van der Waals surface area contributed by atoms with Crippen LogP contribution in [0.2, 0.25) is 0 Å². The van der Waals surface area contributed by atoms with Crippen molar-refractivity contribution in [2.24, 2.45) is 0 Å². The molecule has 0 radical (unpaired) electrons. The SMILES string of the molecule is CCC(F)(F)CS(=O)(=O)Nc1c(F)c(C)c(Oc2ncccc2-c2ccnc(NC3CNC[C@@H](F)C3)n2)c2ccccc12. The second kappa shape index (κ2) is 12.3. The number of nitrogens with zero attached hydrogens (tertiary/aromatic N) is 3. The van der Waals surface area contributed by atoms with Crippen molar-refractivity contribution in [3.8, 4) is 22.9 Å². The minimum absolute atomic E-state index is 0.0598.